The van der Waals surface area contributed by atoms with Gasteiger partial charge in [0.15, 0.2) is 0 Å². The molecule has 0 spiro atoms. The van der Waals surface area contributed by atoms with E-state index in [0.717, 1.165) is 10.5 Å². The second-order valence-electron chi connectivity index (χ2n) is 2.21. The van der Waals surface area contributed by atoms with Crippen LogP contribution in [0, 0.1) is 5.41 Å². The van der Waals surface area contributed by atoms with Crippen LogP contribution in [0.5, 0.6) is 0 Å². The molecule has 0 saturated carbocycles. The van der Waals surface area contributed by atoms with Gasteiger partial charge >= 0.3 is 0 Å². The second kappa shape index (κ2) is 4.72. The molecule has 0 aromatic rings. The first-order valence-corrected chi connectivity index (χ1v) is 4.42. The third kappa shape index (κ3) is 2.29. The van der Waals surface area contributed by atoms with Crippen molar-refractivity contribution in [1.29, 1.82) is 0 Å². The lowest BCUT2D eigenvalue weighted by atomic mass is 9.92. The van der Waals surface area contributed by atoms with Crippen LogP contribution in [0.4, 0.5) is 0 Å². The van der Waals surface area contributed by atoms with Gasteiger partial charge in [0.25, 0.3) is 0 Å². The molecule has 0 saturated heterocycles. The molecule has 0 aliphatic heterocycles. The lowest BCUT2D eigenvalue weighted by Gasteiger charge is -2.22. The normalized spacial score (nSPS) is 11.3. The molecule has 58 valence electrons. The SMILES string of the molecule is C=CC(C=C)(CCl)CO[SiH3]. The number of hydrogen-bond donors (Lipinski definition) is 0. The highest BCUT2D eigenvalue weighted by Gasteiger charge is 2.20. The first-order chi connectivity index (χ1) is 4.74. The van der Waals surface area contributed by atoms with Crippen molar-refractivity contribution in [2.75, 3.05) is 12.5 Å². The molecule has 0 aromatic carbocycles. The summed E-state index contributed by atoms with van der Waals surface area (Å²) in [4.78, 5) is 0. The van der Waals surface area contributed by atoms with Crippen LogP contribution in [0.1, 0.15) is 0 Å². The zero-order valence-electron chi connectivity index (χ0n) is 6.27. The minimum absolute atomic E-state index is 0.219. The smallest absolute Gasteiger partial charge is 0.146 e. The standard InChI is InChI=1S/C7H13ClOSi/c1-3-7(4-2,5-8)6-9-10/h3-4H,1-2,5-6H2,10H3. The fourth-order valence-corrected chi connectivity index (χ4v) is 1.45. The molecule has 0 aliphatic carbocycles. The zero-order chi connectivity index (χ0) is 8.04. The highest BCUT2D eigenvalue weighted by atomic mass is 35.5. The largest absolute Gasteiger partial charge is 0.427 e. The van der Waals surface area contributed by atoms with Gasteiger partial charge in [-0.15, -0.1) is 24.8 Å². The summed E-state index contributed by atoms with van der Waals surface area (Å²) >= 11 is 5.70. The predicted molar refractivity (Wildman–Crippen MR) is 49.4 cm³/mol. The summed E-state index contributed by atoms with van der Waals surface area (Å²) in [5.41, 5.74) is -0.219. The molecular weight excluding hydrogens is 164 g/mol. The van der Waals surface area contributed by atoms with Crippen molar-refractivity contribution in [2.45, 2.75) is 0 Å². The maximum absolute atomic E-state index is 5.70. The van der Waals surface area contributed by atoms with Crippen molar-refractivity contribution in [3.8, 4) is 0 Å². The summed E-state index contributed by atoms with van der Waals surface area (Å²) in [7, 11) is 0.729. The van der Waals surface area contributed by atoms with Crippen LogP contribution >= 0.6 is 11.6 Å². The van der Waals surface area contributed by atoms with Gasteiger partial charge in [-0.1, -0.05) is 12.2 Å². The van der Waals surface area contributed by atoms with Crippen LogP contribution in [0.25, 0.3) is 0 Å². The van der Waals surface area contributed by atoms with Gasteiger partial charge in [0.2, 0.25) is 0 Å². The van der Waals surface area contributed by atoms with E-state index >= 15 is 0 Å². The Hall–Kier alpha value is -0.0531. The quantitative estimate of drug-likeness (QED) is 0.344. The molecule has 0 fully saturated rings. The molecule has 0 bridgehead atoms. The molecule has 0 aliphatic rings. The van der Waals surface area contributed by atoms with Crippen molar-refractivity contribution in [3.63, 3.8) is 0 Å². The molecule has 0 rings (SSSR count). The van der Waals surface area contributed by atoms with Crippen LogP contribution in [0.15, 0.2) is 25.3 Å². The lowest BCUT2D eigenvalue weighted by Crippen LogP contribution is -2.23. The van der Waals surface area contributed by atoms with Gasteiger partial charge in [-0.05, 0) is 0 Å². The van der Waals surface area contributed by atoms with Crippen LogP contribution in [-0.2, 0) is 4.43 Å². The van der Waals surface area contributed by atoms with Crippen molar-refractivity contribution in [3.05, 3.63) is 25.3 Å². The van der Waals surface area contributed by atoms with Crippen molar-refractivity contribution < 1.29 is 4.43 Å². The van der Waals surface area contributed by atoms with E-state index in [1.165, 1.54) is 0 Å². The van der Waals surface area contributed by atoms with E-state index in [9.17, 15) is 0 Å². The molecule has 0 aromatic heterocycles. The van der Waals surface area contributed by atoms with E-state index in [4.69, 9.17) is 16.0 Å². The first kappa shape index (κ1) is 9.95. The van der Waals surface area contributed by atoms with Gasteiger partial charge < -0.3 is 4.43 Å². The molecule has 1 nitrogen and oxygen atoms in total. The molecule has 0 radical (unpaired) electrons. The Morgan fingerprint density at radius 3 is 2.10 bits per heavy atom. The number of alkyl halides is 1. The maximum atomic E-state index is 5.70. The third-order valence-corrected chi connectivity index (χ3v) is 2.26. The van der Waals surface area contributed by atoms with Crippen LogP contribution < -0.4 is 0 Å². The predicted octanol–water partition coefficient (Wildman–Crippen LogP) is 0.881. The van der Waals surface area contributed by atoms with Crippen LogP contribution in [-0.4, -0.2) is 23.0 Å². The van der Waals surface area contributed by atoms with Gasteiger partial charge in [-0.2, -0.15) is 0 Å². The van der Waals surface area contributed by atoms with E-state index in [-0.39, 0.29) is 5.41 Å². The van der Waals surface area contributed by atoms with E-state index in [2.05, 4.69) is 13.2 Å². The Morgan fingerprint density at radius 1 is 1.50 bits per heavy atom. The fourth-order valence-electron chi connectivity index (χ4n) is 0.618. The van der Waals surface area contributed by atoms with Crippen LogP contribution in [0.3, 0.4) is 0 Å². The monoisotopic (exact) mass is 176 g/mol. The van der Waals surface area contributed by atoms with Gasteiger partial charge in [-0.3, -0.25) is 0 Å². The van der Waals surface area contributed by atoms with E-state index in [1.54, 1.807) is 12.2 Å². The Bertz CT molecular complexity index is 117. The first-order valence-electron chi connectivity index (χ1n) is 3.07. The molecule has 0 heterocycles. The van der Waals surface area contributed by atoms with Crippen molar-refractivity contribution in [2.24, 2.45) is 5.41 Å². The summed E-state index contributed by atoms with van der Waals surface area (Å²) in [6, 6.07) is 0. The fraction of sp³-hybridized carbons (Fsp3) is 0.429. The molecule has 0 N–H and O–H groups in total. The third-order valence-electron chi connectivity index (χ3n) is 1.47. The molecule has 0 amide bonds. The highest BCUT2D eigenvalue weighted by Crippen LogP contribution is 2.21. The van der Waals surface area contributed by atoms with Gasteiger partial charge in [-0.25, -0.2) is 0 Å². The Kier molecular flexibility index (Phi) is 4.69. The van der Waals surface area contributed by atoms with Crippen LogP contribution in [0.2, 0.25) is 0 Å². The second-order valence-corrected chi connectivity index (χ2v) is 3.05. The van der Waals surface area contributed by atoms with E-state index in [1.807, 2.05) is 0 Å². The summed E-state index contributed by atoms with van der Waals surface area (Å²) in [6.07, 6.45) is 3.57. The lowest BCUT2D eigenvalue weighted by molar-refractivity contribution is 0.266. The van der Waals surface area contributed by atoms with Gasteiger partial charge in [0, 0.05) is 17.9 Å². The van der Waals surface area contributed by atoms with E-state index in [0.29, 0.717) is 12.5 Å². The molecule has 3 heteroatoms. The molecular formula is C7H13ClOSi. The molecule has 10 heavy (non-hydrogen) atoms. The summed E-state index contributed by atoms with van der Waals surface area (Å²) in [5, 5.41) is 0. The van der Waals surface area contributed by atoms with Gasteiger partial charge in [0.1, 0.15) is 10.5 Å². The molecule has 0 atom stereocenters. The minimum Gasteiger partial charge on any atom is -0.427 e. The number of rotatable bonds is 5. The summed E-state index contributed by atoms with van der Waals surface area (Å²) < 4.78 is 5.09. The maximum Gasteiger partial charge on any atom is 0.146 e. The average molecular weight is 177 g/mol. The van der Waals surface area contributed by atoms with Gasteiger partial charge in [0.05, 0.1) is 0 Å². The summed E-state index contributed by atoms with van der Waals surface area (Å²) in [6.45, 7) is 7.95. The Balaban J connectivity index is 4.14. The molecule has 0 unspecified atom stereocenters. The number of hydrogen-bond acceptors (Lipinski definition) is 1. The topological polar surface area (TPSA) is 9.23 Å². The number of halogens is 1. The van der Waals surface area contributed by atoms with Crippen molar-refractivity contribution >= 4 is 22.1 Å². The zero-order valence-corrected chi connectivity index (χ0v) is 9.03. The van der Waals surface area contributed by atoms with E-state index < -0.39 is 0 Å². The summed E-state index contributed by atoms with van der Waals surface area (Å²) in [5.74, 6) is 0.488. The Labute approximate surface area is 70.3 Å². The highest BCUT2D eigenvalue weighted by molar-refractivity contribution is 6.18. The Morgan fingerprint density at radius 2 is 2.00 bits per heavy atom. The minimum atomic E-state index is -0.219. The average Bonchev–Trinajstić information content (AvgIpc) is 2.01. The van der Waals surface area contributed by atoms with Crippen molar-refractivity contribution in [1.82, 2.24) is 0 Å².